The second-order valence-corrected chi connectivity index (χ2v) is 14.6. The van der Waals surface area contributed by atoms with Crippen LogP contribution in [-0.4, -0.2) is 92.4 Å². The fraction of sp³-hybridized carbons (Fsp3) is 0.593. The van der Waals surface area contributed by atoms with Gasteiger partial charge in [0, 0.05) is 15.1 Å². The molecule has 1 saturated heterocycles. The lowest BCUT2D eigenvalue weighted by Gasteiger charge is -2.51. The molecule has 0 unspecified atom stereocenters. The summed E-state index contributed by atoms with van der Waals surface area (Å²) < 4.78 is 16.0. The van der Waals surface area contributed by atoms with Gasteiger partial charge in [-0.25, -0.2) is 19.4 Å². The molecule has 246 valence electrons. The molecular weight excluding hydrogens is 740 g/mol. The van der Waals surface area contributed by atoms with Crippen molar-refractivity contribution < 1.29 is 42.9 Å². The number of carbonyl (C=O) groups is 5. The van der Waals surface area contributed by atoms with Crippen LogP contribution < -0.4 is 10.6 Å². The Labute approximate surface area is 284 Å². The number of hydrogen-bond donors (Lipinski definition) is 2. The van der Waals surface area contributed by atoms with Crippen molar-refractivity contribution >= 4 is 94.4 Å². The number of carbonyl (C=O) groups excluding carboxylic acids is 5. The van der Waals surface area contributed by atoms with E-state index >= 15 is 0 Å². The molecule has 0 bridgehead atoms. The molecule has 1 fully saturated rings. The first-order chi connectivity index (χ1) is 21.0. The molecule has 18 heteroatoms. The van der Waals surface area contributed by atoms with E-state index in [1.54, 1.807) is 20.8 Å². The third kappa shape index (κ3) is 8.90. The van der Waals surface area contributed by atoms with Crippen molar-refractivity contribution in [1.82, 2.24) is 15.2 Å². The molecule has 0 aliphatic carbocycles. The van der Waals surface area contributed by atoms with Gasteiger partial charge < -0.3 is 24.3 Å². The standard InChI is InChI=1S/C27H37BIN5O9S2/c1-8-9-10-40-23(38)27(6,7)43-33-16(15-12-44-24(30-15)32-25(39)41-26(3,4)5)19(35)31-17-20(36)34-18(22(37)42-28)14(11-29)13(2)45-21(17)34/h12-13,17,21H,8-11,28H2,1-7H3,(H,31,35)(H,30,32,39)/b33-16-/t13-,17+,21+/m0/s1. The Kier molecular flexibility index (Phi) is 12.3. The fourth-order valence-electron chi connectivity index (χ4n) is 4.04. The molecule has 3 heterocycles. The number of halogens is 1. The minimum Gasteiger partial charge on any atom is -0.539 e. The number of amides is 3. The van der Waals surface area contributed by atoms with Gasteiger partial charge in [0.1, 0.15) is 28.4 Å². The number of thiazole rings is 1. The van der Waals surface area contributed by atoms with Gasteiger partial charge in [-0.2, -0.15) is 0 Å². The molecule has 1 aromatic rings. The summed E-state index contributed by atoms with van der Waals surface area (Å²) in [4.78, 5) is 75.7. The van der Waals surface area contributed by atoms with Crippen LogP contribution in [0.3, 0.4) is 0 Å². The number of ether oxygens (including phenoxy) is 2. The highest BCUT2D eigenvalue weighted by Crippen LogP contribution is 2.44. The van der Waals surface area contributed by atoms with Crippen molar-refractivity contribution in [3.05, 3.63) is 22.3 Å². The predicted octanol–water partition coefficient (Wildman–Crippen LogP) is 2.90. The molecular formula is C27H37BIN5O9S2. The summed E-state index contributed by atoms with van der Waals surface area (Å²) in [5, 5.41) is 10.0. The second kappa shape index (κ2) is 15.1. The zero-order valence-electron chi connectivity index (χ0n) is 26.3. The predicted molar refractivity (Wildman–Crippen MR) is 180 cm³/mol. The molecule has 0 radical (unpaired) electrons. The highest BCUT2D eigenvalue weighted by molar-refractivity contribution is 14.1. The number of rotatable bonds is 12. The lowest BCUT2D eigenvalue weighted by molar-refractivity contribution is -0.168. The Balaban J connectivity index is 1.88. The van der Waals surface area contributed by atoms with E-state index in [2.05, 4.69) is 43.4 Å². The summed E-state index contributed by atoms with van der Waals surface area (Å²) in [5.74, 6) is -2.64. The van der Waals surface area contributed by atoms with Crippen LogP contribution in [0, 0.1) is 0 Å². The van der Waals surface area contributed by atoms with Crippen LogP contribution >= 0.6 is 45.7 Å². The number of esters is 1. The van der Waals surface area contributed by atoms with Crippen LogP contribution in [0.2, 0.25) is 0 Å². The lowest BCUT2D eigenvalue weighted by atomic mass is 10.0. The molecule has 14 nitrogen and oxygen atoms in total. The number of unbranched alkanes of at least 4 members (excludes halogenated alkanes) is 1. The molecule has 1 aromatic heterocycles. The summed E-state index contributed by atoms with van der Waals surface area (Å²) in [6.45, 7) is 12.1. The van der Waals surface area contributed by atoms with E-state index in [-0.39, 0.29) is 34.1 Å². The summed E-state index contributed by atoms with van der Waals surface area (Å²) in [7, 11) is 1.24. The van der Waals surface area contributed by atoms with Gasteiger partial charge in [-0.15, -0.1) is 23.1 Å². The summed E-state index contributed by atoms with van der Waals surface area (Å²) >= 11 is 4.55. The number of aromatic nitrogens is 1. The Morgan fingerprint density at radius 3 is 2.49 bits per heavy atom. The number of oxime groups is 1. The van der Waals surface area contributed by atoms with E-state index in [4.69, 9.17) is 19.0 Å². The van der Waals surface area contributed by atoms with E-state index in [9.17, 15) is 24.0 Å². The maximum Gasteiger partial charge on any atom is 0.413 e. The highest BCUT2D eigenvalue weighted by atomic mass is 127. The quantitative estimate of drug-likeness (QED) is 0.0467. The maximum atomic E-state index is 13.7. The number of anilines is 1. The molecule has 45 heavy (non-hydrogen) atoms. The summed E-state index contributed by atoms with van der Waals surface area (Å²) in [6.07, 6.45) is 0.746. The smallest absolute Gasteiger partial charge is 0.413 e. The van der Waals surface area contributed by atoms with Gasteiger partial charge in [0.15, 0.2) is 10.8 Å². The number of alkyl halides is 1. The van der Waals surface area contributed by atoms with Gasteiger partial charge in [0.25, 0.3) is 11.8 Å². The Hall–Kier alpha value is -2.87. The normalized spacial score (nSPS) is 20.1. The van der Waals surface area contributed by atoms with Gasteiger partial charge in [-0.3, -0.25) is 19.8 Å². The Bertz CT molecular complexity index is 1390. The maximum absolute atomic E-state index is 13.7. The van der Waals surface area contributed by atoms with E-state index in [1.807, 2.05) is 13.8 Å². The first kappa shape index (κ1) is 36.6. The van der Waals surface area contributed by atoms with E-state index < -0.39 is 52.5 Å². The molecule has 2 aliphatic rings. The molecule has 2 aliphatic heterocycles. The van der Waals surface area contributed by atoms with Crippen molar-refractivity contribution in [2.45, 2.75) is 89.2 Å². The number of β-lactam (4-membered cyclic amide) rings is 1. The van der Waals surface area contributed by atoms with Crippen LogP contribution in [0.15, 0.2) is 21.8 Å². The molecule has 0 aromatic carbocycles. The summed E-state index contributed by atoms with van der Waals surface area (Å²) in [6, 6.07) is -1.00. The molecule has 0 spiro atoms. The van der Waals surface area contributed by atoms with Crippen LogP contribution in [-0.2, 0) is 38.1 Å². The number of hydrogen-bond acceptors (Lipinski definition) is 13. The topological polar surface area (TPSA) is 175 Å². The zero-order chi connectivity index (χ0) is 33.7. The van der Waals surface area contributed by atoms with Crippen molar-refractivity contribution in [3.63, 3.8) is 0 Å². The molecule has 2 N–H and O–H groups in total. The third-order valence-corrected chi connectivity index (χ3v) is 9.42. The van der Waals surface area contributed by atoms with Crippen LogP contribution in [0.25, 0.3) is 0 Å². The number of fused-ring (bicyclic) bond motifs is 1. The zero-order valence-corrected chi connectivity index (χ0v) is 30.1. The first-order valence-corrected chi connectivity index (χ1v) is 17.4. The Morgan fingerprint density at radius 2 is 1.89 bits per heavy atom. The van der Waals surface area contributed by atoms with Crippen LogP contribution in [0.5, 0.6) is 0 Å². The van der Waals surface area contributed by atoms with E-state index in [0.29, 0.717) is 10.8 Å². The number of nitrogens with zero attached hydrogens (tertiary/aromatic N) is 3. The minimum atomic E-state index is -1.57. The third-order valence-electron chi connectivity index (χ3n) is 6.39. The number of thioether (sulfide) groups is 1. The monoisotopic (exact) mass is 777 g/mol. The van der Waals surface area contributed by atoms with Gasteiger partial charge >= 0.3 is 26.1 Å². The van der Waals surface area contributed by atoms with E-state index in [0.717, 1.165) is 23.3 Å². The average molecular weight is 777 g/mol. The van der Waals surface area contributed by atoms with Gasteiger partial charge in [0.2, 0.25) is 5.60 Å². The molecule has 3 rings (SSSR count). The van der Waals surface area contributed by atoms with Crippen molar-refractivity contribution in [2.24, 2.45) is 5.16 Å². The Morgan fingerprint density at radius 1 is 1.20 bits per heavy atom. The summed E-state index contributed by atoms with van der Waals surface area (Å²) in [5.41, 5.74) is -1.72. The lowest BCUT2D eigenvalue weighted by Crippen LogP contribution is -2.71. The first-order valence-electron chi connectivity index (χ1n) is 14.1. The van der Waals surface area contributed by atoms with Gasteiger partial charge in [-0.1, -0.05) is 41.1 Å². The molecule has 3 atom stereocenters. The molecule has 3 amide bonds. The molecule has 0 saturated carbocycles. The minimum absolute atomic E-state index is 0.00865. The van der Waals surface area contributed by atoms with Crippen molar-refractivity contribution in [1.29, 1.82) is 0 Å². The van der Waals surface area contributed by atoms with E-state index in [1.165, 1.54) is 43.9 Å². The van der Waals surface area contributed by atoms with Crippen molar-refractivity contribution in [3.8, 4) is 0 Å². The number of nitrogens with one attached hydrogen (secondary N) is 2. The van der Waals surface area contributed by atoms with Gasteiger partial charge in [-0.05, 0) is 53.5 Å². The van der Waals surface area contributed by atoms with Crippen LogP contribution in [0.1, 0.15) is 67.0 Å². The largest absolute Gasteiger partial charge is 0.539 e. The fourth-order valence-corrected chi connectivity index (χ4v) is 7.49. The SMILES string of the molecule is BOC(=O)C1=C(CI)[C@H](C)S[C@@H]2[C@H](NC(=O)/C(=N\OC(C)(C)C(=O)OCCCC)c3csc(NC(=O)OC(C)(C)C)n3)C(=O)N12. The average Bonchev–Trinajstić information content (AvgIpc) is 3.41. The highest BCUT2D eigenvalue weighted by Gasteiger charge is 2.56. The van der Waals surface area contributed by atoms with Crippen molar-refractivity contribution in [2.75, 3.05) is 16.4 Å². The van der Waals surface area contributed by atoms with Crippen LogP contribution in [0.4, 0.5) is 9.93 Å². The van der Waals surface area contributed by atoms with Gasteiger partial charge in [0.05, 0.1) is 6.61 Å². The second-order valence-electron chi connectivity index (χ2n) is 11.5.